The summed E-state index contributed by atoms with van der Waals surface area (Å²) in [6.45, 7) is 0.760. The number of benzene rings is 1. The Morgan fingerprint density at radius 1 is 1.56 bits per heavy atom. The maximum atomic E-state index is 10.7. The van der Waals surface area contributed by atoms with Gasteiger partial charge in [-0.2, -0.15) is 0 Å². The van der Waals surface area contributed by atoms with Gasteiger partial charge < -0.3 is 11.1 Å². The van der Waals surface area contributed by atoms with Crippen LogP contribution in [0.5, 0.6) is 0 Å². The fraction of sp³-hybridized carbons (Fsp3) is 0.273. The lowest BCUT2D eigenvalue weighted by molar-refractivity contribution is -0.385. The van der Waals surface area contributed by atoms with Crippen LogP contribution in [-0.2, 0) is 0 Å². The Morgan fingerprint density at radius 3 is 2.94 bits per heavy atom. The summed E-state index contributed by atoms with van der Waals surface area (Å²) in [5.74, 6) is 5.63. The first-order valence-corrected chi connectivity index (χ1v) is 4.82. The van der Waals surface area contributed by atoms with Crippen molar-refractivity contribution in [2.45, 2.75) is 6.42 Å². The highest BCUT2D eigenvalue weighted by atomic mass is 16.6. The quantitative estimate of drug-likeness (QED) is 0.262. The summed E-state index contributed by atoms with van der Waals surface area (Å²) < 4.78 is 0. The van der Waals surface area contributed by atoms with Crippen molar-refractivity contribution in [3.05, 3.63) is 33.9 Å². The minimum Gasteiger partial charge on any atom is -0.399 e. The van der Waals surface area contributed by atoms with Crippen LogP contribution in [-0.4, -0.2) is 18.5 Å². The molecule has 0 atom stereocenters. The lowest BCUT2D eigenvalue weighted by Gasteiger charge is -1.97. The lowest BCUT2D eigenvalue weighted by atomic mass is 10.1. The molecule has 0 fully saturated rings. The standard InChI is InChI=1S/C11H13N3O2/c1-13-7-3-2-4-9-5-6-10(12)8-11(9)14(15)16/h5-6,8,13H,3,7,12H2,1H3. The molecule has 5 nitrogen and oxygen atoms in total. The molecule has 0 aliphatic carbocycles. The highest BCUT2D eigenvalue weighted by Gasteiger charge is 2.11. The van der Waals surface area contributed by atoms with Crippen LogP contribution in [0.3, 0.4) is 0 Å². The minimum atomic E-state index is -0.474. The second-order valence-corrected chi connectivity index (χ2v) is 3.19. The molecule has 0 radical (unpaired) electrons. The van der Waals surface area contributed by atoms with Crippen LogP contribution < -0.4 is 11.1 Å². The first-order valence-electron chi connectivity index (χ1n) is 4.82. The van der Waals surface area contributed by atoms with E-state index in [1.165, 1.54) is 6.07 Å². The van der Waals surface area contributed by atoms with E-state index in [9.17, 15) is 10.1 Å². The molecule has 5 heteroatoms. The number of nitrogens with one attached hydrogen (secondary N) is 1. The van der Waals surface area contributed by atoms with Gasteiger partial charge in [-0.3, -0.25) is 10.1 Å². The molecular weight excluding hydrogens is 206 g/mol. The normalized spacial score (nSPS) is 9.31. The second kappa shape index (κ2) is 5.73. The van der Waals surface area contributed by atoms with Crippen LogP contribution in [0.2, 0.25) is 0 Å². The topological polar surface area (TPSA) is 81.2 Å². The molecule has 0 aromatic heterocycles. The smallest absolute Gasteiger partial charge is 0.286 e. The van der Waals surface area contributed by atoms with Gasteiger partial charge in [0.15, 0.2) is 0 Å². The van der Waals surface area contributed by atoms with E-state index in [4.69, 9.17) is 5.73 Å². The van der Waals surface area contributed by atoms with E-state index in [0.29, 0.717) is 17.7 Å². The zero-order chi connectivity index (χ0) is 12.0. The molecule has 0 saturated heterocycles. The zero-order valence-electron chi connectivity index (χ0n) is 8.99. The van der Waals surface area contributed by atoms with Gasteiger partial charge in [-0.1, -0.05) is 11.8 Å². The number of hydrogen-bond acceptors (Lipinski definition) is 4. The largest absolute Gasteiger partial charge is 0.399 e. The number of nitrogen functional groups attached to an aromatic ring is 1. The highest BCUT2D eigenvalue weighted by Crippen LogP contribution is 2.20. The summed E-state index contributed by atoms with van der Waals surface area (Å²) in [5, 5.41) is 13.7. The van der Waals surface area contributed by atoms with E-state index >= 15 is 0 Å². The number of nitrogens with two attached hydrogens (primary N) is 1. The molecule has 1 aromatic carbocycles. The molecule has 0 aliphatic heterocycles. The summed E-state index contributed by atoms with van der Waals surface area (Å²) >= 11 is 0. The molecule has 0 aliphatic rings. The first kappa shape index (κ1) is 12.0. The number of rotatable bonds is 3. The molecular formula is C11H13N3O2. The third-order valence-electron chi connectivity index (χ3n) is 1.94. The molecule has 0 saturated carbocycles. The number of nitro groups is 1. The Bertz CT molecular complexity index is 446. The van der Waals surface area contributed by atoms with Gasteiger partial charge in [-0.15, -0.1) is 0 Å². The summed E-state index contributed by atoms with van der Waals surface area (Å²) in [4.78, 5) is 10.3. The van der Waals surface area contributed by atoms with Gasteiger partial charge in [0, 0.05) is 24.7 Å². The van der Waals surface area contributed by atoms with Gasteiger partial charge in [0.05, 0.1) is 4.92 Å². The average molecular weight is 219 g/mol. The van der Waals surface area contributed by atoms with Crippen molar-refractivity contribution < 1.29 is 4.92 Å². The molecule has 0 heterocycles. The lowest BCUT2D eigenvalue weighted by Crippen LogP contribution is -2.05. The Labute approximate surface area is 93.8 Å². The number of nitrogens with zero attached hydrogens (tertiary/aromatic N) is 1. The van der Waals surface area contributed by atoms with E-state index in [1.807, 2.05) is 7.05 Å². The first-order chi connectivity index (χ1) is 7.65. The van der Waals surface area contributed by atoms with Crippen molar-refractivity contribution in [3.63, 3.8) is 0 Å². The molecule has 1 rings (SSSR count). The molecule has 0 spiro atoms. The fourth-order valence-corrected chi connectivity index (χ4v) is 1.15. The molecule has 0 bridgehead atoms. The van der Waals surface area contributed by atoms with Gasteiger partial charge in [0.1, 0.15) is 5.56 Å². The average Bonchev–Trinajstić information content (AvgIpc) is 2.26. The predicted octanol–water partition coefficient (Wildman–Crippen LogP) is 1.14. The summed E-state index contributed by atoms with van der Waals surface area (Å²) in [7, 11) is 1.83. The fourth-order valence-electron chi connectivity index (χ4n) is 1.15. The van der Waals surface area contributed by atoms with Crippen LogP contribution in [0.4, 0.5) is 11.4 Å². The monoisotopic (exact) mass is 219 g/mol. The maximum absolute atomic E-state index is 10.7. The Morgan fingerprint density at radius 2 is 2.31 bits per heavy atom. The highest BCUT2D eigenvalue weighted by molar-refractivity contribution is 5.58. The van der Waals surface area contributed by atoms with Crippen LogP contribution in [0.1, 0.15) is 12.0 Å². The number of hydrogen-bond donors (Lipinski definition) is 2. The van der Waals surface area contributed by atoms with Crippen molar-refractivity contribution in [2.75, 3.05) is 19.3 Å². The third kappa shape index (κ3) is 3.26. The van der Waals surface area contributed by atoms with E-state index < -0.39 is 4.92 Å². The third-order valence-corrected chi connectivity index (χ3v) is 1.94. The summed E-state index contributed by atoms with van der Waals surface area (Å²) in [5.41, 5.74) is 6.20. The van der Waals surface area contributed by atoms with Crippen LogP contribution in [0.25, 0.3) is 0 Å². The van der Waals surface area contributed by atoms with Crippen molar-refractivity contribution in [1.82, 2.24) is 5.32 Å². The maximum Gasteiger partial charge on any atom is 0.286 e. The Balaban J connectivity index is 2.93. The van der Waals surface area contributed by atoms with E-state index in [1.54, 1.807) is 12.1 Å². The SMILES string of the molecule is CNCCC#Cc1ccc(N)cc1[N+](=O)[O-]. The molecule has 0 amide bonds. The summed E-state index contributed by atoms with van der Waals surface area (Å²) in [6, 6.07) is 4.50. The van der Waals surface area contributed by atoms with Crippen molar-refractivity contribution >= 4 is 11.4 Å². The zero-order valence-corrected chi connectivity index (χ0v) is 8.99. The molecule has 1 aromatic rings. The predicted molar refractivity (Wildman–Crippen MR) is 62.9 cm³/mol. The van der Waals surface area contributed by atoms with E-state index in [0.717, 1.165) is 6.54 Å². The van der Waals surface area contributed by atoms with Gasteiger partial charge in [0.2, 0.25) is 0 Å². The van der Waals surface area contributed by atoms with Crippen LogP contribution >= 0.6 is 0 Å². The molecule has 84 valence electrons. The molecule has 3 N–H and O–H groups in total. The summed E-state index contributed by atoms with van der Waals surface area (Å²) in [6.07, 6.45) is 0.651. The van der Waals surface area contributed by atoms with Crippen molar-refractivity contribution in [1.29, 1.82) is 0 Å². The van der Waals surface area contributed by atoms with Gasteiger partial charge in [0.25, 0.3) is 5.69 Å². The number of nitro benzene ring substituents is 1. The van der Waals surface area contributed by atoms with Crippen LogP contribution in [0, 0.1) is 22.0 Å². The van der Waals surface area contributed by atoms with E-state index in [-0.39, 0.29) is 5.69 Å². The van der Waals surface area contributed by atoms with Gasteiger partial charge >= 0.3 is 0 Å². The Hall–Kier alpha value is -2.06. The minimum absolute atomic E-state index is 0.0445. The van der Waals surface area contributed by atoms with Crippen LogP contribution in [0.15, 0.2) is 18.2 Å². The van der Waals surface area contributed by atoms with Gasteiger partial charge in [-0.25, -0.2) is 0 Å². The van der Waals surface area contributed by atoms with E-state index in [2.05, 4.69) is 17.2 Å². The number of anilines is 1. The van der Waals surface area contributed by atoms with Gasteiger partial charge in [-0.05, 0) is 19.2 Å². The Kier molecular flexibility index (Phi) is 4.30. The van der Waals surface area contributed by atoms with Crippen molar-refractivity contribution in [2.24, 2.45) is 0 Å². The molecule has 16 heavy (non-hydrogen) atoms. The molecule has 0 unspecified atom stereocenters. The second-order valence-electron chi connectivity index (χ2n) is 3.19. The van der Waals surface area contributed by atoms with Crippen molar-refractivity contribution in [3.8, 4) is 11.8 Å².